The van der Waals surface area contributed by atoms with Gasteiger partial charge in [0.2, 0.25) is 0 Å². The van der Waals surface area contributed by atoms with Gasteiger partial charge in [0.15, 0.2) is 0 Å². The Morgan fingerprint density at radius 3 is 2.31 bits per heavy atom. The molecule has 2 aliphatic rings. The summed E-state index contributed by atoms with van der Waals surface area (Å²) in [5.74, 6) is -0.710. The standard InChI is InChI=1S/C26H28FNO4/c1-2-5-22(24-23(29)16-26(32-25(24)30)14-3-4-15-26)28-31-17-18-6-8-19(9-7-18)20-10-12-21(27)13-11-20/h6-13,29H,2-5,14-17H2,1H3/b28-22+. The summed E-state index contributed by atoms with van der Waals surface area (Å²) in [6.45, 7) is 2.21. The highest BCUT2D eigenvalue weighted by molar-refractivity contribution is 6.20. The number of nitrogens with zero attached hydrogens (tertiary/aromatic N) is 1. The monoisotopic (exact) mass is 437 g/mol. The molecule has 1 aliphatic heterocycles. The van der Waals surface area contributed by atoms with E-state index in [0.717, 1.165) is 48.8 Å². The normalized spacial score (nSPS) is 18.2. The van der Waals surface area contributed by atoms with E-state index < -0.39 is 11.6 Å². The second-order valence-corrected chi connectivity index (χ2v) is 8.54. The van der Waals surface area contributed by atoms with Gasteiger partial charge < -0.3 is 14.7 Å². The average molecular weight is 438 g/mol. The molecule has 5 nitrogen and oxygen atoms in total. The van der Waals surface area contributed by atoms with E-state index in [1.54, 1.807) is 12.1 Å². The lowest BCUT2D eigenvalue weighted by Gasteiger charge is -2.33. The molecule has 0 amide bonds. The predicted octanol–water partition coefficient (Wildman–Crippen LogP) is 6.24. The first kappa shape index (κ1) is 22.1. The highest BCUT2D eigenvalue weighted by atomic mass is 19.1. The van der Waals surface area contributed by atoms with Crippen molar-refractivity contribution < 1.29 is 23.9 Å². The Balaban J connectivity index is 1.44. The number of carbonyl (C=O) groups excluding carboxylic acids is 1. The molecule has 0 aromatic heterocycles. The summed E-state index contributed by atoms with van der Waals surface area (Å²) >= 11 is 0. The topological polar surface area (TPSA) is 68.1 Å². The molecule has 0 unspecified atom stereocenters. The first-order valence-electron chi connectivity index (χ1n) is 11.2. The lowest BCUT2D eigenvalue weighted by atomic mass is 9.90. The van der Waals surface area contributed by atoms with E-state index >= 15 is 0 Å². The van der Waals surface area contributed by atoms with E-state index in [9.17, 15) is 14.3 Å². The molecule has 6 heteroatoms. The first-order chi connectivity index (χ1) is 15.5. The number of halogens is 1. The third kappa shape index (κ3) is 4.85. The number of hydrogen-bond donors (Lipinski definition) is 1. The summed E-state index contributed by atoms with van der Waals surface area (Å²) in [5.41, 5.74) is 2.84. The number of aliphatic hydroxyl groups is 1. The van der Waals surface area contributed by atoms with Gasteiger partial charge in [0.05, 0.1) is 5.71 Å². The third-order valence-corrected chi connectivity index (χ3v) is 6.12. The van der Waals surface area contributed by atoms with Gasteiger partial charge >= 0.3 is 5.97 Å². The molecule has 32 heavy (non-hydrogen) atoms. The average Bonchev–Trinajstić information content (AvgIpc) is 3.21. The van der Waals surface area contributed by atoms with Crippen LogP contribution in [0, 0.1) is 5.82 Å². The van der Waals surface area contributed by atoms with Crippen LogP contribution in [0.1, 0.15) is 57.4 Å². The fourth-order valence-electron chi connectivity index (χ4n) is 4.45. The zero-order valence-electron chi connectivity index (χ0n) is 18.3. The molecular formula is C26H28FNO4. The summed E-state index contributed by atoms with van der Waals surface area (Å²) in [6.07, 6.45) is 5.21. The van der Waals surface area contributed by atoms with Gasteiger partial charge in [-0.05, 0) is 60.9 Å². The highest BCUT2D eigenvalue weighted by Crippen LogP contribution is 2.42. The van der Waals surface area contributed by atoms with Crippen molar-refractivity contribution in [1.82, 2.24) is 0 Å². The van der Waals surface area contributed by atoms with Crippen molar-refractivity contribution in [2.24, 2.45) is 5.16 Å². The maximum atomic E-state index is 13.1. The lowest BCUT2D eigenvalue weighted by Crippen LogP contribution is -2.39. The molecule has 0 atom stereocenters. The molecule has 2 aromatic rings. The maximum Gasteiger partial charge on any atom is 0.344 e. The fourth-order valence-corrected chi connectivity index (χ4v) is 4.45. The number of esters is 1. The molecule has 1 saturated carbocycles. The zero-order chi connectivity index (χ0) is 22.6. The SMILES string of the molecule is CCC/C(=N\OCc1ccc(-c2ccc(F)cc2)cc1)C1=C(O)CC2(CCCC2)OC1=O. The van der Waals surface area contributed by atoms with Crippen molar-refractivity contribution in [1.29, 1.82) is 0 Å². The van der Waals surface area contributed by atoms with Gasteiger partial charge in [0, 0.05) is 6.42 Å². The van der Waals surface area contributed by atoms with E-state index in [-0.39, 0.29) is 23.8 Å². The van der Waals surface area contributed by atoms with E-state index in [1.165, 1.54) is 12.1 Å². The van der Waals surface area contributed by atoms with E-state index in [4.69, 9.17) is 9.57 Å². The third-order valence-electron chi connectivity index (χ3n) is 6.12. The minimum atomic E-state index is -0.547. The van der Waals surface area contributed by atoms with Crippen LogP contribution >= 0.6 is 0 Å². The van der Waals surface area contributed by atoms with Gasteiger partial charge in [-0.3, -0.25) is 0 Å². The minimum Gasteiger partial charge on any atom is -0.511 e. The Morgan fingerprint density at radius 1 is 1.09 bits per heavy atom. The number of hydrogen-bond acceptors (Lipinski definition) is 5. The molecule has 0 saturated heterocycles. The Morgan fingerprint density at radius 2 is 1.72 bits per heavy atom. The predicted molar refractivity (Wildman–Crippen MR) is 121 cm³/mol. The molecular weight excluding hydrogens is 409 g/mol. The summed E-state index contributed by atoms with van der Waals surface area (Å²) in [6, 6.07) is 14.1. The fraction of sp³-hybridized carbons (Fsp3) is 0.385. The van der Waals surface area contributed by atoms with Crippen molar-refractivity contribution >= 4 is 11.7 Å². The van der Waals surface area contributed by atoms with Gasteiger partial charge in [-0.1, -0.05) is 54.9 Å². The second-order valence-electron chi connectivity index (χ2n) is 8.54. The number of benzene rings is 2. The molecule has 1 N–H and O–H groups in total. The van der Waals surface area contributed by atoms with Gasteiger partial charge in [-0.25, -0.2) is 9.18 Å². The molecule has 0 radical (unpaired) electrons. The summed E-state index contributed by atoms with van der Waals surface area (Å²) < 4.78 is 18.9. The van der Waals surface area contributed by atoms with Crippen LogP contribution in [-0.4, -0.2) is 22.4 Å². The van der Waals surface area contributed by atoms with Crippen LogP contribution in [-0.2, 0) is 21.0 Å². The van der Waals surface area contributed by atoms with Gasteiger partial charge in [0.25, 0.3) is 0 Å². The van der Waals surface area contributed by atoms with Crippen LogP contribution in [0.25, 0.3) is 11.1 Å². The van der Waals surface area contributed by atoms with Crippen molar-refractivity contribution in [3.05, 3.63) is 71.2 Å². The zero-order valence-corrected chi connectivity index (χ0v) is 18.3. The van der Waals surface area contributed by atoms with E-state index in [0.29, 0.717) is 18.6 Å². The van der Waals surface area contributed by atoms with Crippen molar-refractivity contribution in [2.75, 3.05) is 0 Å². The van der Waals surface area contributed by atoms with Crippen LogP contribution in [0.5, 0.6) is 0 Å². The molecule has 1 spiro atoms. The molecule has 1 heterocycles. The number of aliphatic hydroxyl groups excluding tert-OH is 1. The van der Waals surface area contributed by atoms with Crippen molar-refractivity contribution in [2.45, 2.75) is 64.1 Å². The molecule has 0 bridgehead atoms. The van der Waals surface area contributed by atoms with Crippen LogP contribution in [0.15, 0.2) is 65.0 Å². The van der Waals surface area contributed by atoms with Crippen LogP contribution in [0.3, 0.4) is 0 Å². The van der Waals surface area contributed by atoms with Crippen LogP contribution < -0.4 is 0 Å². The van der Waals surface area contributed by atoms with Gasteiger partial charge in [0.1, 0.15) is 29.4 Å². The summed E-state index contributed by atoms with van der Waals surface area (Å²) in [5, 5.41) is 14.8. The smallest absolute Gasteiger partial charge is 0.344 e. The molecule has 1 fully saturated rings. The summed E-state index contributed by atoms with van der Waals surface area (Å²) in [4.78, 5) is 18.3. The number of rotatable bonds is 7. The van der Waals surface area contributed by atoms with E-state index in [1.807, 2.05) is 31.2 Å². The number of carbonyl (C=O) groups is 1. The number of oxime groups is 1. The molecule has 168 valence electrons. The van der Waals surface area contributed by atoms with Gasteiger partial charge in [-0.15, -0.1) is 0 Å². The number of ether oxygens (including phenoxy) is 1. The van der Waals surface area contributed by atoms with E-state index in [2.05, 4.69) is 5.16 Å². The second kappa shape index (κ2) is 9.55. The molecule has 2 aromatic carbocycles. The summed E-state index contributed by atoms with van der Waals surface area (Å²) in [7, 11) is 0. The Hall–Kier alpha value is -3.15. The minimum absolute atomic E-state index is 0.0580. The maximum absolute atomic E-state index is 13.1. The lowest BCUT2D eigenvalue weighted by molar-refractivity contribution is -0.157. The quantitative estimate of drug-likeness (QED) is 0.316. The van der Waals surface area contributed by atoms with Crippen molar-refractivity contribution in [3.8, 4) is 11.1 Å². The van der Waals surface area contributed by atoms with Gasteiger partial charge in [-0.2, -0.15) is 0 Å². The molecule has 4 rings (SSSR count). The highest BCUT2D eigenvalue weighted by Gasteiger charge is 2.44. The van der Waals surface area contributed by atoms with Crippen molar-refractivity contribution in [3.63, 3.8) is 0 Å². The Bertz CT molecular complexity index is 1020. The Labute approximate surface area is 187 Å². The van der Waals surface area contributed by atoms with Crippen LogP contribution in [0.4, 0.5) is 4.39 Å². The first-order valence-corrected chi connectivity index (χ1v) is 11.2. The van der Waals surface area contributed by atoms with Crippen LogP contribution in [0.2, 0.25) is 0 Å². The largest absolute Gasteiger partial charge is 0.511 e. The Kier molecular flexibility index (Phi) is 6.58. The molecule has 1 aliphatic carbocycles.